The lowest BCUT2D eigenvalue weighted by molar-refractivity contribution is -0.126. The van der Waals surface area contributed by atoms with Crippen LogP contribution < -0.4 is 0 Å². The van der Waals surface area contributed by atoms with Crippen molar-refractivity contribution in [1.82, 2.24) is 4.90 Å². The third kappa shape index (κ3) is 2.41. The molecule has 2 nitrogen and oxygen atoms in total. The number of piperidine rings is 1. The number of carbonyl (C=O) groups is 1. The Bertz CT molecular complexity index is 200. The van der Waals surface area contributed by atoms with Crippen molar-refractivity contribution < 1.29 is 4.79 Å². The van der Waals surface area contributed by atoms with Gasteiger partial charge < -0.3 is 0 Å². The Morgan fingerprint density at radius 3 is 3.00 bits per heavy atom. The molecule has 0 N–H and O–H groups in total. The van der Waals surface area contributed by atoms with Crippen LogP contribution in [0.15, 0.2) is 12.7 Å². The largest absolute Gasteiger partial charge is 0.299 e. The maximum Gasteiger partial charge on any atom is 0.138 e. The number of hydrogen-bond acceptors (Lipinski definition) is 2. The molecule has 1 aliphatic heterocycles. The molecule has 1 fully saturated rings. The Hall–Kier alpha value is -0.630. The molecule has 0 aliphatic carbocycles. The van der Waals surface area contributed by atoms with E-state index in [1.807, 2.05) is 6.08 Å². The van der Waals surface area contributed by atoms with Gasteiger partial charge in [0.15, 0.2) is 0 Å². The van der Waals surface area contributed by atoms with Crippen LogP contribution in [0.2, 0.25) is 0 Å². The Labute approximate surface area is 80.6 Å². The van der Waals surface area contributed by atoms with Crippen LogP contribution in [-0.2, 0) is 4.79 Å². The van der Waals surface area contributed by atoms with E-state index in [0.29, 0.717) is 11.8 Å². The lowest BCUT2D eigenvalue weighted by Gasteiger charge is -2.34. The highest BCUT2D eigenvalue weighted by atomic mass is 16.1. The minimum absolute atomic E-state index is 0.260. The van der Waals surface area contributed by atoms with Crippen LogP contribution in [0.4, 0.5) is 0 Å². The summed E-state index contributed by atoms with van der Waals surface area (Å²) in [4.78, 5) is 13.8. The molecule has 2 unspecified atom stereocenters. The Balaban J connectivity index is 2.54. The SMILES string of the molecule is C=CC(C)N1CCC(=O)C(CC)C1. The molecule has 0 aromatic rings. The molecule has 0 amide bonds. The molecule has 2 heteroatoms. The van der Waals surface area contributed by atoms with E-state index >= 15 is 0 Å². The van der Waals surface area contributed by atoms with E-state index in [-0.39, 0.29) is 5.92 Å². The molecule has 0 radical (unpaired) electrons. The minimum Gasteiger partial charge on any atom is -0.299 e. The fourth-order valence-corrected chi connectivity index (χ4v) is 1.81. The first-order chi connectivity index (χ1) is 6.19. The van der Waals surface area contributed by atoms with E-state index in [4.69, 9.17) is 0 Å². The quantitative estimate of drug-likeness (QED) is 0.619. The van der Waals surface area contributed by atoms with Gasteiger partial charge >= 0.3 is 0 Å². The van der Waals surface area contributed by atoms with Crippen molar-refractivity contribution in [2.75, 3.05) is 13.1 Å². The van der Waals surface area contributed by atoms with Gasteiger partial charge in [0.05, 0.1) is 0 Å². The lowest BCUT2D eigenvalue weighted by Crippen LogP contribution is -2.44. The van der Waals surface area contributed by atoms with Crippen LogP contribution in [0.1, 0.15) is 26.7 Å². The van der Waals surface area contributed by atoms with Crippen molar-refractivity contribution >= 4 is 5.78 Å². The molecule has 0 aromatic heterocycles. The van der Waals surface area contributed by atoms with E-state index in [0.717, 1.165) is 25.9 Å². The Kier molecular flexibility index (Phi) is 3.67. The van der Waals surface area contributed by atoms with Crippen molar-refractivity contribution in [3.8, 4) is 0 Å². The highest BCUT2D eigenvalue weighted by molar-refractivity contribution is 5.82. The summed E-state index contributed by atoms with van der Waals surface area (Å²) in [6.07, 6.45) is 3.64. The van der Waals surface area contributed by atoms with Gasteiger partial charge in [0, 0.05) is 31.5 Å². The highest BCUT2D eigenvalue weighted by Crippen LogP contribution is 2.18. The van der Waals surface area contributed by atoms with Gasteiger partial charge in [0.25, 0.3) is 0 Å². The predicted molar refractivity (Wildman–Crippen MR) is 54.6 cm³/mol. The van der Waals surface area contributed by atoms with Gasteiger partial charge in [-0.2, -0.15) is 0 Å². The molecular formula is C11H19NO. The number of hydrogen-bond donors (Lipinski definition) is 0. The van der Waals surface area contributed by atoms with Gasteiger partial charge in [-0.1, -0.05) is 13.0 Å². The van der Waals surface area contributed by atoms with Crippen LogP contribution in [0.5, 0.6) is 0 Å². The summed E-state index contributed by atoms with van der Waals surface area (Å²) in [5.74, 6) is 0.700. The molecule has 0 aromatic carbocycles. The average molecular weight is 181 g/mol. The zero-order chi connectivity index (χ0) is 9.84. The summed E-state index contributed by atoms with van der Waals surface area (Å²) in [5, 5.41) is 0. The van der Waals surface area contributed by atoms with Crippen LogP contribution in [0, 0.1) is 5.92 Å². The Morgan fingerprint density at radius 2 is 2.46 bits per heavy atom. The molecule has 0 saturated carbocycles. The predicted octanol–water partition coefficient (Wildman–Crippen LogP) is 1.86. The number of nitrogens with zero attached hydrogens (tertiary/aromatic N) is 1. The van der Waals surface area contributed by atoms with E-state index in [9.17, 15) is 4.79 Å². The summed E-state index contributed by atoms with van der Waals surface area (Å²) in [5.41, 5.74) is 0. The third-order valence-corrected chi connectivity index (χ3v) is 2.97. The first kappa shape index (κ1) is 10.5. The van der Waals surface area contributed by atoms with Gasteiger partial charge in [0.1, 0.15) is 5.78 Å². The normalized spacial score (nSPS) is 27.2. The molecule has 2 atom stereocenters. The van der Waals surface area contributed by atoms with Gasteiger partial charge in [-0.15, -0.1) is 6.58 Å². The zero-order valence-corrected chi connectivity index (χ0v) is 8.62. The molecule has 1 rings (SSSR count). The van der Waals surface area contributed by atoms with Crippen molar-refractivity contribution in [1.29, 1.82) is 0 Å². The maximum atomic E-state index is 11.4. The first-order valence-corrected chi connectivity index (χ1v) is 5.08. The van der Waals surface area contributed by atoms with Gasteiger partial charge in [-0.05, 0) is 13.3 Å². The fourth-order valence-electron chi connectivity index (χ4n) is 1.81. The zero-order valence-electron chi connectivity index (χ0n) is 8.62. The van der Waals surface area contributed by atoms with Gasteiger partial charge in [-0.3, -0.25) is 9.69 Å². The molecule has 13 heavy (non-hydrogen) atoms. The van der Waals surface area contributed by atoms with E-state index in [1.54, 1.807) is 0 Å². The van der Waals surface area contributed by atoms with Crippen molar-refractivity contribution in [3.63, 3.8) is 0 Å². The van der Waals surface area contributed by atoms with Gasteiger partial charge in [-0.25, -0.2) is 0 Å². The molecule has 0 spiro atoms. The molecular weight excluding hydrogens is 162 g/mol. The fraction of sp³-hybridized carbons (Fsp3) is 0.727. The summed E-state index contributed by atoms with van der Waals surface area (Å²) in [7, 11) is 0. The average Bonchev–Trinajstić information content (AvgIpc) is 2.17. The third-order valence-electron chi connectivity index (χ3n) is 2.97. The monoisotopic (exact) mass is 181 g/mol. The number of likely N-dealkylation sites (tertiary alicyclic amines) is 1. The second-order valence-electron chi connectivity index (χ2n) is 3.79. The summed E-state index contributed by atoms with van der Waals surface area (Å²) in [6, 6.07) is 0.405. The molecule has 1 aliphatic rings. The van der Waals surface area contributed by atoms with Crippen molar-refractivity contribution in [2.24, 2.45) is 5.92 Å². The number of rotatable bonds is 3. The van der Waals surface area contributed by atoms with Crippen molar-refractivity contribution in [3.05, 3.63) is 12.7 Å². The van der Waals surface area contributed by atoms with E-state index < -0.39 is 0 Å². The number of carbonyl (C=O) groups excluding carboxylic acids is 1. The molecule has 1 heterocycles. The van der Waals surface area contributed by atoms with Gasteiger partial charge in [0.2, 0.25) is 0 Å². The molecule has 0 bridgehead atoms. The first-order valence-electron chi connectivity index (χ1n) is 5.08. The summed E-state index contributed by atoms with van der Waals surface area (Å²) >= 11 is 0. The standard InChI is InChI=1S/C11H19NO/c1-4-9(3)12-7-6-11(13)10(5-2)8-12/h4,9-10H,1,5-8H2,2-3H3. The second-order valence-corrected chi connectivity index (χ2v) is 3.79. The van der Waals surface area contributed by atoms with Crippen LogP contribution >= 0.6 is 0 Å². The smallest absolute Gasteiger partial charge is 0.138 e. The Morgan fingerprint density at radius 1 is 1.77 bits per heavy atom. The van der Waals surface area contributed by atoms with E-state index in [2.05, 4.69) is 25.3 Å². The van der Waals surface area contributed by atoms with Crippen molar-refractivity contribution in [2.45, 2.75) is 32.7 Å². The van der Waals surface area contributed by atoms with Crippen LogP contribution in [-0.4, -0.2) is 29.8 Å². The van der Waals surface area contributed by atoms with Crippen LogP contribution in [0.25, 0.3) is 0 Å². The summed E-state index contributed by atoms with van der Waals surface area (Å²) in [6.45, 7) is 9.83. The van der Waals surface area contributed by atoms with E-state index in [1.165, 1.54) is 0 Å². The lowest BCUT2D eigenvalue weighted by atomic mass is 9.93. The molecule has 1 saturated heterocycles. The minimum atomic E-state index is 0.260. The number of ketones is 1. The highest BCUT2D eigenvalue weighted by Gasteiger charge is 2.26. The maximum absolute atomic E-state index is 11.4. The molecule has 74 valence electrons. The number of Topliss-reactive ketones (excluding diaryl/α,β-unsaturated/α-hetero) is 1. The summed E-state index contributed by atoms with van der Waals surface area (Å²) < 4.78 is 0. The van der Waals surface area contributed by atoms with Crippen LogP contribution in [0.3, 0.4) is 0 Å². The second kappa shape index (κ2) is 4.56. The topological polar surface area (TPSA) is 20.3 Å².